The number of hydrogen-bond acceptors (Lipinski definition) is 2. The van der Waals surface area contributed by atoms with Gasteiger partial charge in [0.15, 0.2) is 0 Å². The average Bonchev–Trinajstić information content (AvgIpc) is 2.38. The van der Waals surface area contributed by atoms with Crippen molar-refractivity contribution in [2.24, 2.45) is 0 Å². The molecule has 0 bridgehead atoms. The molecule has 0 unspecified atom stereocenters. The third-order valence-electron chi connectivity index (χ3n) is 3.00. The summed E-state index contributed by atoms with van der Waals surface area (Å²) in [5, 5.41) is 2.94. The first-order valence-corrected chi connectivity index (χ1v) is 8.39. The zero-order valence-corrected chi connectivity index (χ0v) is 15.0. The maximum Gasteiger partial charge on any atom is 0.224 e. The van der Waals surface area contributed by atoms with E-state index in [0.29, 0.717) is 13.0 Å². The van der Waals surface area contributed by atoms with Crippen LogP contribution in [-0.2, 0) is 11.2 Å². The summed E-state index contributed by atoms with van der Waals surface area (Å²) in [6.07, 6.45) is 3.38. The molecule has 1 amide bonds. The van der Waals surface area contributed by atoms with Crippen LogP contribution in [0.4, 0.5) is 5.69 Å². The van der Waals surface area contributed by atoms with Gasteiger partial charge in [0.25, 0.3) is 0 Å². The molecule has 0 saturated heterocycles. The molecule has 1 aromatic rings. The van der Waals surface area contributed by atoms with Crippen LogP contribution in [-0.4, -0.2) is 16.8 Å². The molecule has 0 aliphatic rings. The molecule has 0 atom stereocenters. The molecule has 0 aliphatic heterocycles. The number of rotatable bonds is 8. The molecule has 1 aromatic carbocycles. The highest BCUT2D eigenvalue weighted by molar-refractivity contribution is 9.10. The molecular weight excluding hydrogens is 330 g/mol. The van der Waals surface area contributed by atoms with Gasteiger partial charge in [-0.25, -0.2) is 0 Å². The Hall–Kier alpha value is -1.03. The molecule has 118 valence electrons. The maximum absolute atomic E-state index is 11.9. The number of ether oxygens (including phenoxy) is 1. The van der Waals surface area contributed by atoms with Gasteiger partial charge in [0, 0.05) is 10.7 Å². The molecule has 21 heavy (non-hydrogen) atoms. The lowest BCUT2D eigenvalue weighted by Crippen LogP contribution is -2.15. The number of carbonyl (C=O) groups is 1. The topological polar surface area (TPSA) is 38.3 Å². The van der Waals surface area contributed by atoms with Crippen LogP contribution >= 0.6 is 15.9 Å². The third kappa shape index (κ3) is 6.98. The number of carbonyl (C=O) groups excluding carboxylic acids is 1. The van der Waals surface area contributed by atoms with Gasteiger partial charge in [0.05, 0.1) is 12.3 Å². The van der Waals surface area contributed by atoms with Crippen LogP contribution in [0.1, 0.15) is 52.5 Å². The number of alkyl halides is 1. The van der Waals surface area contributed by atoms with E-state index in [2.05, 4.69) is 42.0 Å². The molecule has 4 heteroatoms. The van der Waals surface area contributed by atoms with Crippen molar-refractivity contribution < 1.29 is 9.53 Å². The summed E-state index contributed by atoms with van der Waals surface area (Å²) in [6, 6.07) is 5.99. The first kappa shape index (κ1) is 18.0. The monoisotopic (exact) mass is 355 g/mol. The summed E-state index contributed by atoms with van der Waals surface area (Å²) in [4.78, 5) is 11.9. The van der Waals surface area contributed by atoms with Gasteiger partial charge in [0.2, 0.25) is 5.91 Å². The molecule has 0 heterocycles. The minimum absolute atomic E-state index is 0.0440. The summed E-state index contributed by atoms with van der Waals surface area (Å²) < 4.78 is 5.71. The molecular formula is C17H26BrNO2. The highest BCUT2D eigenvalue weighted by Gasteiger charge is 2.15. The number of amides is 1. The molecule has 3 nitrogen and oxygen atoms in total. The van der Waals surface area contributed by atoms with Crippen LogP contribution in [0.3, 0.4) is 0 Å². The molecule has 1 rings (SSSR count). The van der Waals surface area contributed by atoms with E-state index in [9.17, 15) is 4.79 Å². The van der Waals surface area contributed by atoms with Crippen molar-refractivity contribution in [3.8, 4) is 5.75 Å². The number of nitrogens with one attached hydrogen (secondary N) is 1. The minimum atomic E-state index is 0.0440. The molecule has 0 spiro atoms. The molecule has 1 N–H and O–H groups in total. The van der Waals surface area contributed by atoms with Crippen molar-refractivity contribution in [2.45, 2.75) is 57.7 Å². The van der Waals surface area contributed by atoms with E-state index in [4.69, 9.17) is 4.74 Å². The fourth-order valence-corrected chi connectivity index (χ4v) is 2.41. The van der Waals surface area contributed by atoms with Crippen LogP contribution < -0.4 is 10.1 Å². The first-order chi connectivity index (χ1) is 9.85. The fraction of sp³-hybridized carbons (Fsp3) is 0.588. The quantitative estimate of drug-likeness (QED) is 0.671. The predicted molar refractivity (Wildman–Crippen MR) is 92.5 cm³/mol. The van der Waals surface area contributed by atoms with Crippen LogP contribution in [0.2, 0.25) is 0 Å². The highest BCUT2D eigenvalue weighted by Crippen LogP contribution is 2.30. The zero-order chi connectivity index (χ0) is 15.9. The van der Waals surface area contributed by atoms with E-state index in [1.54, 1.807) is 0 Å². The van der Waals surface area contributed by atoms with Crippen molar-refractivity contribution in [3.05, 3.63) is 23.8 Å². The molecule has 0 fully saturated rings. The Morgan fingerprint density at radius 2 is 2.05 bits per heavy atom. The number of hydrogen-bond donors (Lipinski definition) is 1. The van der Waals surface area contributed by atoms with Gasteiger partial charge in [0.1, 0.15) is 5.75 Å². The average molecular weight is 356 g/mol. The van der Waals surface area contributed by atoms with E-state index in [1.807, 2.05) is 25.1 Å². The van der Waals surface area contributed by atoms with Gasteiger partial charge in [-0.15, -0.1) is 0 Å². The van der Waals surface area contributed by atoms with Gasteiger partial charge < -0.3 is 10.1 Å². The zero-order valence-electron chi connectivity index (χ0n) is 13.5. The summed E-state index contributed by atoms with van der Waals surface area (Å²) >= 11 is 3.66. The fourth-order valence-electron chi connectivity index (χ4n) is 2.09. The summed E-state index contributed by atoms with van der Waals surface area (Å²) in [5.74, 6) is 0.794. The van der Waals surface area contributed by atoms with Gasteiger partial charge in [-0.1, -0.05) is 35.3 Å². The minimum Gasteiger partial charge on any atom is -0.492 e. The second-order valence-corrected chi connectivity index (χ2v) is 7.96. The van der Waals surface area contributed by atoms with Crippen LogP contribution in [0.15, 0.2) is 18.2 Å². The molecule has 0 aromatic heterocycles. The first-order valence-electron chi connectivity index (χ1n) is 7.60. The smallest absolute Gasteiger partial charge is 0.224 e. The van der Waals surface area contributed by atoms with Crippen LogP contribution in [0, 0.1) is 0 Å². The summed E-state index contributed by atoms with van der Waals surface area (Å²) in [6.45, 7) is 8.88. The molecule has 0 saturated carbocycles. The van der Waals surface area contributed by atoms with Crippen molar-refractivity contribution in [3.63, 3.8) is 0 Å². The Balaban J connectivity index is 2.86. The van der Waals surface area contributed by atoms with Gasteiger partial charge >= 0.3 is 0 Å². The predicted octanol–water partition coefficient (Wildman–Crippen LogP) is 4.93. The van der Waals surface area contributed by atoms with Crippen molar-refractivity contribution in [1.82, 2.24) is 0 Å². The van der Waals surface area contributed by atoms with E-state index < -0.39 is 0 Å². The second kappa shape index (κ2) is 8.42. The lowest BCUT2D eigenvalue weighted by molar-refractivity contribution is -0.116. The Morgan fingerprint density at radius 1 is 1.33 bits per heavy atom. The van der Waals surface area contributed by atoms with Crippen LogP contribution in [0.25, 0.3) is 0 Å². The number of unbranched alkanes of at least 4 members (excludes halogenated alkanes) is 1. The lowest BCUT2D eigenvalue weighted by atomic mass is 10.0. The number of anilines is 1. The molecule has 0 radical (unpaired) electrons. The van der Waals surface area contributed by atoms with Gasteiger partial charge in [-0.3, -0.25) is 4.79 Å². The van der Waals surface area contributed by atoms with E-state index in [-0.39, 0.29) is 10.2 Å². The normalized spacial score (nSPS) is 11.3. The highest BCUT2D eigenvalue weighted by atomic mass is 79.9. The Bertz CT molecular complexity index is 466. The standard InChI is InChI=1S/C17H26BrNO2/c1-5-7-8-16(20)19-14-10-9-13(12-17(3,4)18)11-15(14)21-6-2/h9-11H,5-8,12H2,1-4H3,(H,19,20). The largest absolute Gasteiger partial charge is 0.492 e. The number of halogens is 1. The second-order valence-electron chi connectivity index (χ2n) is 5.81. The Morgan fingerprint density at radius 3 is 2.62 bits per heavy atom. The SMILES string of the molecule is CCCCC(=O)Nc1ccc(CC(C)(C)Br)cc1OCC. The number of benzene rings is 1. The Labute approximate surface area is 136 Å². The Kier molecular flexibility index (Phi) is 7.23. The lowest BCUT2D eigenvalue weighted by Gasteiger charge is -2.18. The van der Waals surface area contributed by atoms with Crippen molar-refractivity contribution >= 4 is 27.5 Å². The van der Waals surface area contributed by atoms with E-state index in [1.165, 1.54) is 5.56 Å². The van der Waals surface area contributed by atoms with Gasteiger partial charge in [-0.05, 0) is 51.3 Å². The van der Waals surface area contributed by atoms with Gasteiger partial charge in [-0.2, -0.15) is 0 Å². The molecule has 0 aliphatic carbocycles. The van der Waals surface area contributed by atoms with Crippen molar-refractivity contribution in [2.75, 3.05) is 11.9 Å². The van der Waals surface area contributed by atoms with E-state index in [0.717, 1.165) is 30.7 Å². The maximum atomic E-state index is 11.9. The summed E-state index contributed by atoms with van der Waals surface area (Å²) in [5.41, 5.74) is 1.95. The summed E-state index contributed by atoms with van der Waals surface area (Å²) in [7, 11) is 0. The third-order valence-corrected chi connectivity index (χ3v) is 3.28. The van der Waals surface area contributed by atoms with E-state index >= 15 is 0 Å². The van der Waals surface area contributed by atoms with Crippen molar-refractivity contribution in [1.29, 1.82) is 0 Å². The van der Waals surface area contributed by atoms with Crippen LogP contribution in [0.5, 0.6) is 5.75 Å².